The molecule has 0 amide bonds. The smallest absolute Gasteiger partial charge is 0.185 e. The van der Waals surface area contributed by atoms with Gasteiger partial charge in [0.15, 0.2) is 6.34 Å². The minimum Gasteiger partial charge on any atom is -0.282 e. The fraction of sp³-hybridized carbons (Fsp3) is 0.864. The topological polar surface area (TPSA) is 12.4 Å². The van der Waals surface area contributed by atoms with Crippen LogP contribution in [0.2, 0.25) is 0 Å². The molecule has 0 aromatic heterocycles. The van der Waals surface area contributed by atoms with Gasteiger partial charge in [0, 0.05) is 0 Å². The lowest BCUT2D eigenvalue weighted by atomic mass is 10.1. The number of rotatable bonds is 16. The third-order valence-corrected chi connectivity index (χ3v) is 5.28. The Bertz CT molecular complexity index is 335. The molecule has 0 N–H and O–H groups in total. The molecule has 1 heterocycles. The minimum absolute atomic E-state index is 1.03. The Morgan fingerprint density at radius 3 is 1.88 bits per heavy atom. The molecule has 0 saturated carbocycles. The van der Waals surface area contributed by atoms with E-state index in [-0.39, 0.29) is 0 Å². The number of nitrogens with zero attached hydrogens (tertiary/aromatic N) is 2. The Hall–Kier alpha value is -0.630. The summed E-state index contributed by atoms with van der Waals surface area (Å²) in [5.74, 6) is 0. The quantitative estimate of drug-likeness (QED) is 0.173. The van der Waals surface area contributed by atoms with E-state index < -0.39 is 0 Å². The largest absolute Gasteiger partial charge is 0.282 e. The van der Waals surface area contributed by atoms with Crippen molar-refractivity contribution in [3.05, 3.63) is 12.2 Å². The van der Waals surface area contributed by atoms with Crippen LogP contribution in [0.3, 0.4) is 0 Å². The van der Waals surface area contributed by atoms with Crippen LogP contribution in [0.15, 0.2) is 17.1 Å². The highest BCUT2D eigenvalue weighted by Gasteiger charge is 2.22. The third-order valence-electron chi connectivity index (χ3n) is 5.28. The molecule has 0 spiro atoms. The Balaban J connectivity index is 1.75. The zero-order valence-corrected chi connectivity index (χ0v) is 16.6. The molecule has 2 nitrogen and oxygen atoms in total. The summed E-state index contributed by atoms with van der Waals surface area (Å²) in [6.45, 7) is 5.81. The zero-order chi connectivity index (χ0) is 17.3. The van der Waals surface area contributed by atoms with Crippen molar-refractivity contribution in [1.29, 1.82) is 0 Å². The van der Waals surface area contributed by atoms with Crippen LogP contribution in [0, 0.1) is 0 Å². The molecule has 0 aromatic carbocycles. The van der Waals surface area contributed by atoms with Crippen LogP contribution >= 0.6 is 0 Å². The molecule has 140 valence electrons. The van der Waals surface area contributed by atoms with Crippen molar-refractivity contribution in [2.45, 2.75) is 96.8 Å². The van der Waals surface area contributed by atoms with Gasteiger partial charge in [0.2, 0.25) is 0 Å². The summed E-state index contributed by atoms with van der Waals surface area (Å²) < 4.78 is 1.07. The van der Waals surface area contributed by atoms with E-state index in [0.29, 0.717) is 0 Å². The van der Waals surface area contributed by atoms with Gasteiger partial charge in [-0.25, -0.2) is 4.99 Å². The molecule has 0 saturated heterocycles. The first-order chi connectivity index (χ1) is 11.8. The van der Waals surface area contributed by atoms with E-state index >= 15 is 0 Å². The van der Waals surface area contributed by atoms with Gasteiger partial charge in [-0.3, -0.25) is 4.48 Å². The van der Waals surface area contributed by atoms with E-state index in [0.717, 1.165) is 11.0 Å². The number of unbranched alkanes of at least 4 members (excludes halogenated alkanes) is 12. The molecule has 1 aliphatic heterocycles. The van der Waals surface area contributed by atoms with Crippen LogP contribution in [0.1, 0.15) is 96.8 Å². The average Bonchev–Trinajstić information content (AvgIpc) is 3.01. The van der Waals surface area contributed by atoms with Gasteiger partial charge in [0.25, 0.3) is 0 Å². The monoisotopic (exact) mass is 335 g/mol. The third kappa shape index (κ3) is 11.8. The van der Waals surface area contributed by atoms with Crippen LogP contribution in [-0.2, 0) is 0 Å². The maximum atomic E-state index is 4.37. The van der Waals surface area contributed by atoms with E-state index in [4.69, 9.17) is 0 Å². The summed E-state index contributed by atoms with van der Waals surface area (Å²) in [5, 5.41) is 0. The molecule has 1 unspecified atom stereocenters. The molecule has 0 fully saturated rings. The second-order valence-corrected chi connectivity index (χ2v) is 7.89. The molecule has 0 radical (unpaired) electrons. The molecule has 1 atom stereocenters. The molecular weight excluding hydrogens is 292 g/mol. The van der Waals surface area contributed by atoms with E-state index in [9.17, 15) is 0 Å². The van der Waals surface area contributed by atoms with Crippen LogP contribution < -0.4 is 0 Å². The standard InChI is InChI=1S/C22H43N2/c1-3-4-5-6-7-8-9-10-11-12-13-14-15-16-17-18-20-24(2)21-19-23-22-24/h10-11,22H,3-9,12-21H2,1-2H3/q+1/b11-10-. The molecule has 2 heteroatoms. The van der Waals surface area contributed by atoms with Gasteiger partial charge in [-0.15, -0.1) is 0 Å². The van der Waals surface area contributed by atoms with Gasteiger partial charge in [-0.1, -0.05) is 70.4 Å². The van der Waals surface area contributed by atoms with Gasteiger partial charge in [0.1, 0.15) is 6.54 Å². The lowest BCUT2D eigenvalue weighted by molar-refractivity contribution is -0.807. The molecule has 1 aliphatic rings. The Morgan fingerprint density at radius 1 is 0.792 bits per heavy atom. The second kappa shape index (κ2) is 14.7. The lowest BCUT2D eigenvalue weighted by Crippen LogP contribution is -2.41. The second-order valence-electron chi connectivity index (χ2n) is 7.89. The predicted octanol–water partition coefficient (Wildman–Crippen LogP) is 6.51. The van der Waals surface area contributed by atoms with Gasteiger partial charge in [-0.2, -0.15) is 0 Å². The summed E-state index contributed by atoms with van der Waals surface area (Å²) in [4.78, 5) is 4.37. The number of aliphatic imine (C=N–C) groups is 1. The average molecular weight is 336 g/mol. The maximum Gasteiger partial charge on any atom is 0.185 e. The van der Waals surface area contributed by atoms with Gasteiger partial charge in [-0.05, 0) is 38.5 Å². The van der Waals surface area contributed by atoms with Gasteiger partial charge >= 0.3 is 0 Å². The predicted molar refractivity (Wildman–Crippen MR) is 109 cm³/mol. The molecule has 0 bridgehead atoms. The van der Waals surface area contributed by atoms with Crippen LogP contribution in [0.4, 0.5) is 0 Å². The Kier molecular flexibility index (Phi) is 13.1. The van der Waals surface area contributed by atoms with Crippen molar-refractivity contribution in [3.63, 3.8) is 0 Å². The van der Waals surface area contributed by atoms with E-state index in [1.807, 2.05) is 0 Å². The number of allylic oxidation sites excluding steroid dienone is 2. The first-order valence-corrected chi connectivity index (χ1v) is 10.8. The van der Waals surface area contributed by atoms with E-state index in [2.05, 4.69) is 37.5 Å². The Labute approximate surface area is 152 Å². The van der Waals surface area contributed by atoms with Gasteiger partial charge in [0.05, 0.1) is 20.1 Å². The highest BCUT2D eigenvalue weighted by molar-refractivity contribution is 5.47. The van der Waals surface area contributed by atoms with Crippen LogP contribution in [0.25, 0.3) is 0 Å². The minimum atomic E-state index is 1.03. The fourth-order valence-corrected chi connectivity index (χ4v) is 3.49. The number of quaternary nitrogens is 1. The van der Waals surface area contributed by atoms with Crippen molar-refractivity contribution in [2.75, 3.05) is 26.7 Å². The van der Waals surface area contributed by atoms with Crippen LogP contribution in [0.5, 0.6) is 0 Å². The molecule has 0 aliphatic carbocycles. The summed E-state index contributed by atoms with van der Waals surface area (Å²) >= 11 is 0. The first-order valence-electron chi connectivity index (χ1n) is 10.8. The molecule has 24 heavy (non-hydrogen) atoms. The van der Waals surface area contributed by atoms with Crippen molar-refractivity contribution in [1.82, 2.24) is 0 Å². The number of hydrogen-bond donors (Lipinski definition) is 0. The van der Waals surface area contributed by atoms with Crippen LogP contribution in [-0.4, -0.2) is 37.5 Å². The fourth-order valence-electron chi connectivity index (χ4n) is 3.49. The number of hydrogen-bond acceptors (Lipinski definition) is 1. The van der Waals surface area contributed by atoms with Crippen molar-refractivity contribution in [2.24, 2.45) is 4.99 Å². The summed E-state index contributed by atoms with van der Waals surface area (Å²) in [6, 6.07) is 0. The molecule has 0 aromatic rings. The Morgan fingerprint density at radius 2 is 1.33 bits per heavy atom. The maximum absolute atomic E-state index is 4.37. The lowest BCUT2D eigenvalue weighted by Gasteiger charge is -2.24. The van der Waals surface area contributed by atoms with E-state index in [1.165, 1.54) is 103 Å². The van der Waals surface area contributed by atoms with E-state index in [1.54, 1.807) is 0 Å². The first kappa shape index (κ1) is 21.4. The highest BCUT2D eigenvalue weighted by atomic mass is 15.4. The molecule has 1 rings (SSSR count). The normalized spacial score (nSPS) is 20.4. The number of likely N-dealkylation sites (N-methyl/N-ethyl adjacent to an activating group) is 1. The van der Waals surface area contributed by atoms with Crippen molar-refractivity contribution in [3.8, 4) is 0 Å². The summed E-state index contributed by atoms with van der Waals surface area (Å²) in [6.07, 6.45) is 26.4. The zero-order valence-electron chi connectivity index (χ0n) is 16.6. The SMILES string of the molecule is CCCCCCCC/C=C\CCCCCCCC[N+]1(C)C=NCC1. The summed E-state index contributed by atoms with van der Waals surface area (Å²) in [5.41, 5.74) is 0. The van der Waals surface area contributed by atoms with Crippen molar-refractivity contribution < 1.29 is 4.48 Å². The highest BCUT2D eigenvalue weighted by Crippen LogP contribution is 2.12. The van der Waals surface area contributed by atoms with Crippen molar-refractivity contribution >= 4 is 6.34 Å². The molecular formula is C22H43N2+. The summed E-state index contributed by atoms with van der Waals surface area (Å²) in [7, 11) is 2.31. The van der Waals surface area contributed by atoms with Gasteiger partial charge < -0.3 is 0 Å².